The monoisotopic (exact) mass is 462 g/mol. The molecule has 0 bridgehead atoms. The van der Waals surface area contributed by atoms with Gasteiger partial charge in [-0.25, -0.2) is 0 Å². The molecule has 1 saturated heterocycles. The Labute approximate surface area is 186 Å². The number of rotatable bonds is 5. The summed E-state index contributed by atoms with van der Waals surface area (Å²) in [6.07, 6.45) is -8.02. The maximum absolute atomic E-state index is 13.5. The van der Waals surface area contributed by atoms with E-state index in [4.69, 9.17) is 18.6 Å². The van der Waals surface area contributed by atoms with E-state index in [1.54, 1.807) is 0 Å². The molecule has 5 unspecified atom stereocenters. The third-order valence-electron chi connectivity index (χ3n) is 5.33. The van der Waals surface area contributed by atoms with Crippen molar-refractivity contribution in [2.45, 2.75) is 30.7 Å². The Hall–Kier alpha value is -3.35. The van der Waals surface area contributed by atoms with E-state index < -0.39 is 48.5 Å². The summed E-state index contributed by atoms with van der Waals surface area (Å²) in [5.74, 6) is -0.826. The minimum atomic E-state index is -1.77. The minimum Gasteiger partial charge on any atom is -0.508 e. The van der Waals surface area contributed by atoms with Gasteiger partial charge in [0.25, 0.3) is 0 Å². The molecule has 0 aliphatic carbocycles. The fourth-order valence-corrected chi connectivity index (χ4v) is 3.61. The molecule has 2 aromatic carbocycles. The number of ether oxygens (including phenoxy) is 3. The van der Waals surface area contributed by atoms with Crippen molar-refractivity contribution in [3.63, 3.8) is 0 Å². The fraction of sp³-hybridized carbons (Fsp3) is 0.318. The highest BCUT2D eigenvalue weighted by Crippen LogP contribution is 2.37. The van der Waals surface area contributed by atoms with Crippen LogP contribution in [0.15, 0.2) is 45.6 Å². The van der Waals surface area contributed by atoms with Crippen LogP contribution in [0, 0.1) is 0 Å². The van der Waals surface area contributed by atoms with Crippen LogP contribution in [0.3, 0.4) is 0 Å². The van der Waals surface area contributed by atoms with Gasteiger partial charge in [0.05, 0.1) is 13.7 Å². The molecule has 176 valence electrons. The van der Waals surface area contributed by atoms with Crippen molar-refractivity contribution in [3.8, 4) is 34.3 Å². The molecule has 0 spiro atoms. The highest BCUT2D eigenvalue weighted by atomic mass is 16.7. The largest absolute Gasteiger partial charge is 0.508 e. The standard InChI is InChI=1S/C22H22O11/c1-30-12-6-11(25)7-13-15(12)17(27)21(20(31-13)9-2-4-10(24)5-3-9)33-22-19(29)18(28)16(26)14(8-23)32-22/h2-7,14,16,18-19,22-26,28-29H,8H2,1H3. The highest BCUT2D eigenvalue weighted by Gasteiger charge is 2.45. The van der Waals surface area contributed by atoms with Crippen LogP contribution < -0.4 is 14.9 Å². The predicted molar refractivity (Wildman–Crippen MR) is 112 cm³/mol. The third kappa shape index (κ3) is 4.08. The van der Waals surface area contributed by atoms with Crippen molar-refractivity contribution < 1.29 is 49.3 Å². The zero-order valence-electron chi connectivity index (χ0n) is 17.3. The third-order valence-corrected chi connectivity index (χ3v) is 5.33. The number of hydrogen-bond donors (Lipinski definition) is 6. The maximum atomic E-state index is 13.5. The second-order valence-electron chi connectivity index (χ2n) is 7.47. The minimum absolute atomic E-state index is 0.00495. The summed E-state index contributed by atoms with van der Waals surface area (Å²) in [6.45, 7) is -0.685. The number of benzene rings is 2. The number of aliphatic hydroxyl groups excluding tert-OH is 4. The van der Waals surface area contributed by atoms with Crippen molar-refractivity contribution in [2.24, 2.45) is 0 Å². The van der Waals surface area contributed by atoms with E-state index in [1.807, 2.05) is 0 Å². The number of aromatic hydroxyl groups is 2. The van der Waals surface area contributed by atoms with Gasteiger partial charge < -0.3 is 49.3 Å². The average molecular weight is 462 g/mol. The van der Waals surface area contributed by atoms with E-state index in [9.17, 15) is 35.4 Å². The topological polar surface area (TPSA) is 179 Å². The molecular weight excluding hydrogens is 440 g/mol. The molecule has 1 aromatic heterocycles. The zero-order chi connectivity index (χ0) is 23.9. The van der Waals surface area contributed by atoms with Crippen molar-refractivity contribution in [1.29, 1.82) is 0 Å². The zero-order valence-corrected chi connectivity index (χ0v) is 17.3. The SMILES string of the molecule is COc1cc(O)cc2oc(-c3ccc(O)cc3)c(OC3OC(CO)C(O)C(O)C3O)c(=O)c12. The summed E-state index contributed by atoms with van der Waals surface area (Å²) in [4.78, 5) is 13.5. The summed E-state index contributed by atoms with van der Waals surface area (Å²) in [7, 11) is 1.29. The molecule has 6 N–H and O–H groups in total. The molecule has 5 atom stereocenters. The summed E-state index contributed by atoms with van der Waals surface area (Å²) in [5, 5.41) is 59.4. The second-order valence-corrected chi connectivity index (χ2v) is 7.47. The molecule has 11 nitrogen and oxygen atoms in total. The number of fused-ring (bicyclic) bond motifs is 1. The Kier molecular flexibility index (Phi) is 6.15. The Morgan fingerprint density at radius 3 is 2.30 bits per heavy atom. The van der Waals surface area contributed by atoms with Crippen LogP contribution in [-0.2, 0) is 4.74 Å². The summed E-state index contributed by atoms with van der Waals surface area (Å²) >= 11 is 0. The maximum Gasteiger partial charge on any atom is 0.239 e. The summed E-state index contributed by atoms with van der Waals surface area (Å²) < 4.78 is 22.1. The lowest BCUT2D eigenvalue weighted by Crippen LogP contribution is -2.60. The smallest absolute Gasteiger partial charge is 0.239 e. The number of phenols is 2. The first kappa shape index (κ1) is 22.8. The highest BCUT2D eigenvalue weighted by molar-refractivity contribution is 5.88. The molecule has 3 aromatic rings. The normalized spacial score (nSPS) is 25.2. The Morgan fingerprint density at radius 2 is 1.67 bits per heavy atom. The van der Waals surface area contributed by atoms with Gasteiger partial charge in [-0.3, -0.25) is 4.79 Å². The van der Waals surface area contributed by atoms with Crippen LogP contribution in [0.4, 0.5) is 0 Å². The molecule has 1 aliphatic rings. The van der Waals surface area contributed by atoms with E-state index >= 15 is 0 Å². The molecule has 33 heavy (non-hydrogen) atoms. The number of methoxy groups -OCH3 is 1. The summed E-state index contributed by atoms with van der Waals surface area (Å²) in [6, 6.07) is 8.00. The van der Waals surface area contributed by atoms with Crippen molar-refractivity contribution in [1.82, 2.24) is 0 Å². The Morgan fingerprint density at radius 1 is 0.970 bits per heavy atom. The first-order valence-corrected chi connectivity index (χ1v) is 9.89. The van der Waals surface area contributed by atoms with Crippen LogP contribution >= 0.6 is 0 Å². The average Bonchev–Trinajstić information content (AvgIpc) is 2.80. The van der Waals surface area contributed by atoms with Crippen molar-refractivity contribution in [3.05, 3.63) is 46.6 Å². The van der Waals surface area contributed by atoms with Crippen LogP contribution in [-0.4, -0.2) is 75.1 Å². The first-order chi connectivity index (χ1) is 15.7. The van der Waals surface area contributed by atoms with E-state index in [-0.39, 0.29) is 34.0 Å². The predicted octanol–water partition coefficient (Wildman–Crippen LogP) is 0.0585. The van der Waals surface area contributed by atoms with Gasteiger partial charge >= 0.3 is 0 Å². The van der Waals surface area contributed by atoms with E-state index in [0.29, 0.717) is 5.56 Å². The van der Waals surface area contributed by atoms with Gasteiger partial charge in [0.2, 0.25) is 17.5 Å². The van der Waals surface area contributed by atoms with Gasteiger partial charge in [-0.1, -0.05) is 0 Å². The Balaban J connectivity index is 1.91. The van der Waals surface area contributed by atoms with Gasteiger partial charge in [-0.15, -0.1) is 0 Å². The van der Waals surface area contributed by atoms with Gasteiger partial charge in [0, 0.05) is 17.7 Å². The molecule has 2 heterocycles. The fourth-order valence-electron chi connectivity index (χ4n) is 3.61. The van der Waals surface area contributed by atoms with E-state index in [2.05, 4.69) is 0 Å². The lowest BCUT2D eigenvalue weighted by Gasteiger charge is -2.39. The van der Waals surface area contributed by atoms with Gasteiger partial charge in [-0.2, -0.15) is 0 Å². The van der Waals surface area contributed by atoms with E-state index in [0.717, 1.165) is 0 Å². The lowest BCUT2D eigenvalue weighted by molar-refractivity contribution is -0.277. The van der Waals surface area contributed by atoms with Gasteiger partial charge in [0.15, 0.2) is 5.76 Å². The van der Waals surface area contributed by atoms with Crippen molar-refractivity contribution in [2.75, 3.05) is 13.7 Å². The first-order valence-electron chi connectivity index (χ1n) is 9.89. The van der Waals surface area contributed by atoms with E-state index in [1.165, 1.54) is 43.5 Å². The molecule has 11 heteroatoms. The van der Waals surface area contributed by atoms with Gasteiger partial charge in [0.1, 0.15) is 52.6 Å². The lowest BCUT2D eigenvalue weighted by atomic mass is 9.99. The Bertz CT molecular complexity index is 1200. The van der Waals surface area contributed by atoms with Crippen LogP contribution in [0.25, 0.3) is 22.3 Å². The number of aliphatic hydroxyl groups is 4. The number of phenolic OH excluding ortho intramolecular Hbond substituents is 2. The molecular formula is C22H22O11. The summed E-state index contributed by atoms with van der Waals surface area (Å²) in [5.41, 5.74) is -0.470. The van der Waals surface area contributed by atoms with Gasteiger partial charge in [-0.05, 0) is 24.3 Å². The molecule has 0 saturated carbocycles. The van der Waals surface area contributed by atoms with Crippen LogP contribution in [0.2, 0.25) is 0 Å². The molecule has 1 fully saturated rings. The van der Waals surface area contributed by atoms with Crippen LogP contribution in [0.1, 0.15) is 0 Å². The molecule has 4 rings (SSSR count). The quantitative estimate of drug-likeness (QED) is 0.302. The molecule has 0 amide bonds. The molecule has 1 aliphatic heterocycles. The molecule has 0 radical (unpaired) electrons. The number of hydrogen-bond acceptors (Lipinski definition) is 11. The second kappa shape index (κ2) is 8.89. The van der Waals surface area contributed by atoms with Crippen LogP contribution in [0.5, 0.6) is 23.0 Å². The van der Waals surface area contributed by atoms with Crippen molar-refractivity contribution >= 4 is 11.0 Å².